The molecule has 7 atom stereocenters. The maximum atomic E-state index is 12.7. The highest BCUT2D eigenvalue weighted by Gasteiger charge is 2.49. The molecule has 0 N–H and O–H groups in total. The van der Waals surface area contributed by atoms with Crippen molar-refractivity contribution in [3.05, 3.63) is 41.5 Å². The second-order valence-corrected chi connectivity index (χ2v) is 11.6. The summed E-state index contributed by atoms with van der Waals surface area (Å²) >= 11 is 0. The molecule has 0 saturated heterocycles. The summed E-state index contributed by atoms with van der Waals surface area (Å²) in [4.78, 5) is 12.7. The van der Waals surface area contributed by atoms with Gasteiger partial charge in [0.1, 0.15) is 11.9 Å². The summed E-state index contributed by atoms with van der Waals surface area (Å²) in [6, 6.07) is 7.25. The molecule has 1 aromatic carbocycles. The van der Waals surface area contributed by atoms with Gasteiger partial charge in [-0.1, -0.05) is 50.7 Å². The van der Waals surface area contributed by atoms with Crippen molar-refractivity contribution in [1.82, 2.24) is 0 Å². The number of hydrogen-bond donors (Lipinski definition) is 0. The Balaban J connectivity index is 1.17. The summed E-state index contributed by atoms with van der Waals surface area (Å²) in [6.07, 6.45) is 20.1. The first-order valence-electron chi connectivity index (χ1n) is 14.2. The van der Waals surface area contributed by atoms with E-state index >= 15 is 0 Å². The Kier molecular flexibility index (Phi) is 7.66. The zero-order valence-electron chi connectivity index (χ0n) is 21.3. The first-order chi connectivity index (χ1) is 16.7. The van der Waals surface area contributed by atoms with Gasteiger partial charge >= 0.3 is 5.97 Å². The van der Waals surface area contributed by atoms with Crippen LogP contribution in [0.1, 0.15) is 101 Å². The van der Waals surface area contributed by atoms with Crippen molar-refractivity contribution < 1.29 is 14.3 Å². The van der Waals surface area contributed by atoms with Gasteiger partial charge in [-0.2, -0.15) is 0 Å². The van der Waals surface area contributed by atoms with Gasteiger partial charge in [0.2, 0.25) is 0 Å². The van der Waals surface area contributed by atoms with E-state index in [-0.39, 0.29) is 12.1 Å². The van der Waals surface area contributed by atoms with Gasteiger partial charge in [0.05, 0.1) is 12.7 Å². The van der Waals surface area contributed by atoms with Crippen molar-refractivity contribution in [3.8, 4) is 5.75 Å². The number of hydrogen-bond acceptors (Lipinski definition) is 3. The molecule has 186 valence electrons. The normalized spacial score (nSPS) is 34.4. The van der Waals surface area contributed by atoms with E-state index in [1.54, 1.807) is 24.8 Å². The van der Waals surface area contributed by atoms with Crippen molar-refractivity contribution >= 4 is 5.97 Å². The molecular weight excluding hydrogens is 420 g/mol. The lowest BCUT2D eigenvalue weighted by Gasteiger charge is -2.49. The maximum absolute atomic E-state index is 12.7. The highest BCUT2D eigenvalue weighted by molar-refractivity contribution is 5.89. The van der Waals surface area contributed by atoms with Crippen LogP contribution >= 0.6 is 0 Å². The van der Waals surface area contributed by atoms with Crippen LogP contribution in [-0.4, -0.2) is 19.2 Å². The molecule has 3 saturated carbocycles. The molecule has 3 nitrogen and oxygen atoms in total. The van der Waals surface area contributed by atoms with E-state index in [4.69, 9.17) is 9.47 Å². The minimum atomic E-state index is -0.197. The van der Waals surface area contributed by atoms with Crippen LogP contribution in [0, 0.1) is 35.5 Å². The Bertz CT molecular complexity index is 856. The summed E-state index contributed by atoms with van der Waals surface area (Å²) in [7, 11) is 1.64. The Hall–Kier alpha value is -1.77. The number of allylic oxidation sites excluding steroid dienone is 1. The third-order valence-corrected chi connectivity index (χ3v) is 9.90. The molecule has 4 unspecified atom stereocenters. The lowest BCUT2D eigenvalue weighted by atomic mass is 9.56. The predicted molar refractivity (Wildman–Crippen MR) is 137 cm³/mol. The number of methoxy groups -OCH3 is 1. The lowest BCUT2D eigenvalue weighted by Crippen LogP contribution is -2.42. The summed E-state index contributed by atoms with van der Waals surface area (Å²) in [6.45, 7) is 2.32. The Morgan fingerprint density at radius 2 is 1.68 bits per heavy atom. The number of fused-ring (bicyclic) bond motifs is 5. The van der Waals surface area contributed by atoms with Gasteiger partial charge in [-0.05, 0) is 105 Å². The third-order valence-electron chi connectivity index (χ3n) is 9.90. The molecule has 4 aliphatic carbocycles. The van der Waals surface area contributed by atoms with Gasteiger partial charge < -0.3 is 9.47 Å². The van der Waals surface area contributed by atoms with Crippen LogP contribution in [-0.2, 0) is 4.74 Å². The first-order valence-corrected chi connectivity index (χ1v) is 14.2. The van der Waals surface area contributed by atoms with Crippen LogP contribution in [0.25, 0.3) is 0 Å². The average Bonchev–Trinajstić information content (AvgIpc) is 3.29. The van der Waals surface area contributed by atoms with Crippen molar-refractivity contribution in [2.24, 2.45) is 35.5 Å². The minimum Gasteiger partial charge on any atom is -0.497 e. The number of ether oxygens (including phenoxy) is 2. The van der Waals surface area contributed by atoms with Crippen LogP contribution < -0.4 is 4.74 Å². The van der Waals surface area contributed by atoms with Crippen LogP contribution in [0.15, 0.2) is 35.9 Å². The van der Waals surface area contributed by atoms with Crippen LogP contribution in [0.2, 0.25) is 0 Å². The molecule has 0 aromatic heterocycles. The van der Waals surface area contributed by atoms with Gasteiger partial charge in [-0.15, -0.1) is 0 Å². The van der Waals surface area contributed by atoms with E-state index in [9.17, 15) is 4.79 Å². The SMILES string of the molecule is CCCCCC[C@H]1CCC2C3CC=C4CC(OC(=O)c5ccc(OC)cc5)CC[C@@H]4C3CC[C@@H]21. The fourth-order valence-corrected chi connectivity index (χ4v) is 8.25. The summed E-state index contributed by atoms with van der Waals surface area (Å²) in [5.41, 5.74) is 2.22. The summed E-state index contributed by atoms with van der Waals surface area (Å²) < 4.78 is 11.2. The number of rotatable bonds is 8. The summed E-state index contributed by atoms with van der Waals surface area (Å²) in [5, 5.41) is 0. The molecule has 5 rings (SSSR count). The molecule has 0 amide bonds. The fraction of sp³-hybridized carbons (Fsp3) is 0.710. The van der Waals surface area contributed by atoms with Crippen molar-refractivity contribution in [1.29, 1.82) is 0 Å². The van der Waals surface area contributed by atoms with Gasteiger partial charge in [0.15, 0.2) is 0 Å². The molecule has 0 aliphatic heterocycles. The van der Waals surface area contributed by atoms with E-state index in [1.165, 1.54) is 70.6 Å². The maximum Gasteiger partial charge on any atom is 0.338 e. The Morgan fingerprint density at radius 1 is 0.882 bits per heavy atom. The van der Waals surface area contributed by atoms with Crippen molar-refractivity contribution in [2.45, 2.75) is 96.5 Å². The zero-order valence-corrected chi connectivity index (χ0v) is 21.3. The number of benzene rings is 1. The monoisotopic (exact) mass is 464 g/mol. The predicted octanol–water partition coefficient (Wildman–Crippen LogP) is 7.99. The fourth-order valence-electron chi connectivity index (χ4n) is 8.25. The number of carbonyl (C=O) groups excluding carboxylic acids is 1. The number of unbranched alkanes of at least 4 members (excludes halogenated alkanes) is 3. The highest BCUT2D eigenvalue weighted by atomic mass is 16.5. The van der Waals surface area contributed by atoms with E-state index in [1.807, 2.05) is 12.1 Å². The number of carbonyl (C=O) groups is 1. The first kappa shape index (κ1) is 23.9. The molecule has 3 fully saturated rings. The lowest BCUT2D eigenvalue weighted by molar-refractivity contribution is 0.00816. The smallest absolute Gasteiger partial charge is 0.338 e. The van der Waals surface area contributed by atoms with Gasteiger partial charge in [0, 0.05) is 6.42 Å². The average molecular weight is 465 g/mol. The Labute approximate surface area is 206 Å². The quantitative estimate of drug-likeness (QED) is 0.222. The molecule has 0 heterocycles. The molecule has 34 heavy (non-hydrogen) atoms. The van der Waals surface area contributed by atoms with E-state index < -0.39 is 0 Å². The second kappa shape index (κ2) is 10.9. The zero-order chi connectivity index (χ0) is 23.5. The molecule has 0 radical (unpaired) electrons. The van der Waals surface area contributed by atoms with Gasteiger partial charge in [0.25, 0.3) is 0 Å². The highest BCUT2D eigenvalue weighted by Crippen LogP contribution is 2.58. The standard InChI is InChI=1S/C31H44O3/c1-3-4-5-6-7-21-10-15-28-26(21)18-19-29-27-17-14-25(20-23(27)11-16-30(28)29)34-31(32)22-8-12-24(33-2)13-9-22/h8-9,11-13,21,25-30H,3-7,10,14-20H2,1-2H3/t21-,25?,26+,27-,28?,29?,30?/m0/s1. The Morgan fingerprint density at radius 3 is 2.47 bits per heavy atom. The molecule has 1 aromatic rings. The van der Waals surface area contributed by atoms with Crippen molar-refractivity contribution in [2.75, 3.05) is 7.11 Å². The van der Waals surface area contributed by atoms with Crippen molar-refractivity contribution in [3.63, 3.8) is 0 Å². The third kappa shape index (κ3) is 4.95. The largest absolute Gasteiger partial charge is 0.497 e. The summed E-state index contributed by atoms with van der Waals surface area (Å²) in [5.74, 6) is 6.14. The van der Waals surface area contributed by atoms with E-state index in [0.717, 1.165) is 54.1 Å². The van der Waals surface area contributed by atoms with E-state index in [2.05, 4.69) is 13.0 Å². The molecular formula is C31H44O3. The van der Waals surface area contributed by atoms with Gasteiger partial charge in [-0.3, -0.25) is 0 Å². The van der Waals surface area contributed by atoms with Crippen LogP contribution in [0.3, 0.4) is 0 Å². The molecule has 4 aliphatic rings. The second-order valence-electron chi connectivity index (χ2n) is 11.6. The molecule has 0 bridgehead atoms. The van der Waals surface area contributed by atoms with E-state index in [0.29, 0.717) is 5.56 Å². The number of esters is 1. The minimum absolute atomic E-state index is 0.0315. The van der Waals surface area contributed by atoms with Gasteiger partial charge in [-0.25, -0.2) is 4.79 Å². The van der Waals surface area contributed by atoms with Crippen LogP contribution in [0.4, 0.5) is 0 Å². The topological polar surface area (TPSA) is 35.5 Å². The molecule has 0 spiro atoms. The molecule has 3 heteroatoms. The van der Waals surface area contributed by atoms with Crippen LogP contribution in [0.5, 0.6) is 5.75 Å².